The van der Waals surface area contributed by atoms with E-state index in [0.717, 1.165) is 39.1 Å². The van der Waals surface area contributed by atoms with Crippen molar-refractivity contribution in [2.24, 2.45) is 0 Å². The molecule has 1 saturated heterocycles. The number of hydrogen-bond donors (Lipinski definition) is 0. The molecule has 0 spiro atoms. The molecule has 2 aliphatic rings. The summed E-state index contributed by atoms with van der Waals surface area (Å²) in [5, 5.41) is 4.33. The van der Waals surface area contributed by atoms with E-state index in [2.05, 4.69) is 63.0 Å². The van der Waals surface area contributed by atoms with Gasteiger partial charge < -0.3 is 9.80 Å². The lowest BCUT2D eigenvalue weighted by molar-refractivity contribution is -0.133. The third-order valence-corrected chi connectivity index (χ3v) is 7.89. The van der Waals surface area contributed by atoms with E-state index in [4.69, 9.17) is 0 Å². The van der Waals surface area contributed by atoms with Crippen molar-refractivity contribution in [1.82, 2.24) is 9.80 Å². The summed E-state index contributed by atoms with van der Waals surface area (Å²) in [4.78, 5) is 22.8. The van der Waals surface area contributed by atoms with Crippen LogP contribution in [-0.4, -0.2) is 55.0 Å². The molecule has 0 saturated carbocycles. The van der Waals surface area contributed by atoms with E-state index in [0.29, 0.717) is 6.54 Å². The summed E-state index contributed by atoms with van der Waals surface area (Å²) in [6.07, 6.45) is 1.05. The summed E-state index contributed by atoms with van der Waals surface area (Å²) in [7, 11) is 0. The number of rotatable bonds is 4. The molecule has 0 unspecified atom stereocenters. The van der Waals surface area contributed by atoms with Gasteiger partial charge in [-0.05, 0) is 47.0 Å². The van der Waals surface area contributed by atoms with Gasteiger partial charge in [0.15, 0.2) is 0 Å². The molecule has 6 heteroatoms. The van der Waals surface area contributed by atoms with Gasteiger partial charge in [-0.15, -0.1) is 22.7 Å². The van der Waals surface area contributed by atoms with Gasteiger partial charge >= 0.3 is 0 Å². The monoisotopic (exact) mass is 423 g/mol. The summed E-state index contributed by atoms with van der Waals surface area (Å²) in [6, 6.07) is 17.3. The molecule has 1 aromatic carbocycles. The number of fused-ring (bicyclic) bond motifs is 1. The largest absolute Gasteiger partial charge is 0.368 e. The number of carbonyl (C=O) groups excluding carboxylic acids is 1. The maximum absolute atomic E-state index is 13.1. The molecule has 29 heavy (non-hydrogen) atoms. The van der Waals surface area contributed by atoms with Crippen LogP contribution in [0.5, 0.6) is 0 Å². The Morgan fingerprint density at radius 2 is 1.72 bits per heavy atom. The fraction of sp³-hybridized carbons (Fsp3) is 0.348. The number of amides is 1. The Balaban J connectivity index is 1.26. The molecular formula is C23H25N3OS2. The van der Waals surface area contributed by atoms with Crippen LogP contribution < -0.4 is 4.90 Å². The number of thiophene rings is 2. The summed E-state index contributed by atoms with van der Waals surface area (Å²) in [6.45, 7) is 4.86. The molecule has 2 aromatic heterocycles. The highest BCUT2D eigenvalue weighted by Gasteiger charge is 2.33. The summed E-state index contributed by atoms with van der Waals surface area (Å²) < 4.78 is 0. The lowest BCUT2D eigenvalue weighted by Crippen LogP contribution is -2.52. The second-order valence-electron chi connectivity index (χ2n) is 7.64. The Morgan fingerprint density at radius 3 is 2.48 bits per heavy atom. The average Bonchev–Trinajstić information content (AvgIpc) is 3.46. The van der Waals surface area contributed by atoms with E-state index in [1.807, 2.05) is 22.3 Å². The van der Waals surface area contributed by atoms with E-state index in [9.17, 15) is 4.79 Å². The molecule has 0 radical (unpaired) electrons. The lowest BCUT2D eigenvalue weighted by Gasteiger charge is -2.39. The van der Waals surface area contributed by atoms with Gasteiger partial charge in [-0.1, -0.05) is 24.3 Å². The molecule has 1 amide bonds. The van der Waals surface area contributed by atoms with Crippen molar-refractivity contribution in [3.8, 4) is 0 Å². The molecule has 1 fully saturated rings. The molecule has 0 bridgehead atoms. The second-order valence-corrected chi connectivity index (χ2v) is 9.62. The highest BCUT2D eigenvalue weighted by molar-refractivity contribution is 7.10. The minimum atomic E-state index is 0.222. The molecule has 3 aromatic rings. The van der Waals surface area contributed by atoms with Crippen LogP contribution in [0.2, 0.25) is 0 Å². The number of para-hydroxylation sites is 1. The van der Waals surface area contributed by atoms with Crippen molar-refractivity contribution in [3.63, 3.8) is 0 Å². The maximum atomic E-state index is 13.1. The highest BCUT2D eigenvalue weighted by Crippen LogP contribution is 2.39. The number of nitrogens with zero attached hydrogens (tertiary/aromatic N) is 3. The molecule has 2 aliphatic heterocycles. The quantitative estimate of drug-likeness (QED) is 0.632. The van der Waals surface area contributed by atoms with Gasteiger partial charge in [0, 0.05) is 48.2 Å². The minimum Gasteiger partial charge on any atom is -0.368 e. The first-order valence-electron chi connectivity index (χ1n) is 10.2. The molecule has 4 heterocycles. The first-order valence-corrected chi connectivity index (χ1v) is 12.0. The third kappa shape index (κ3) is 3.84. The Morgan fingerprint density at radius 1 is 0.897 bits per heavy atom. The third-order valence-electron chi connectivity index (χ3n) is 5.97. The van der Waals surface area contributed by atoms with E-state index in [-0.39, 0.29) is 11.9 Å². The number of anilines is 1. The van der Waals surface area contributed by atoms with Gasteiger partial charge in [-0.25, -0.2) is 0 Å². The van der Waals surface area contributed by atoms with E-state index >= 15 is 0 Å². The standard InChI is InChI=1S/C23H25N3OS2/c27-22(25-13-11-24(12-14-25)18-5-2-1-3-6-18)17-26-10-8-20-19(9-16-29-20)23(26)21-7-4-15-28-21/h1-7,9,15-16,23H,8,10-14,17H2/t23-/m1/s1. The number of piperazine rings is 1. The Bertz CT molecular complexity index is 946. The molecule has 0 aliphatic carbocycles. The van der Waals surface area contributed by atoms with Gasteiger partial charge in [-0.2, -0.15) is 0 Å². The fourth-order valence-corrected chi connectivity index (χ4v) is 6.23. The number of benzene rings is 1. The Labute approximate surface area is 180 Å². The predicted molar refractivity (Wildman–Crippen MR) is 121 cm³/mol. The highest BCUT2D eigenvalue weighted by atomic mass is 32.1. The summed E-state index contributed by atoms with van der Waals surface area (Å²) in [5.74, 6) is 0.262. The molecule has 150 valence electrons. The average molecular weight is 424 g/mol. The zero-order chi connectivity index (χ0) is 19.6. The van der Waals surface area contributed by atoms with E-state index in [1.165, 1.54) is 21.0 Å². The van der Waals surface area contributed by atoms with Gasteiger partial charge in [0.05, 0.1) is 12.6 Å². The van der Waals surface area contributed by atoms with Crippen LogP contribution in [0.3, 0.4) is 0 Å². The SMILES string of the molecule is O=C(CN1CCc2sccc2[C@@H]1c1cccs1)N1CCN(c2ccccc2)CC1. The van der Waals surface area contributed by atoms with Gasteiger partial charge in [-0.3, -0.25) is 9.69 Å². The first-order chi connectivity index (χ1) is 14.3. The normalized spacial score (nSPS) is 19.9. The molecule has 5 rings (SSSR count). The van der Waals surface area contributed by atoms with Crippen LogP contribution in [0.25, 0.3) is 0 Å². The molecular weight excluding hydrogens is 398 g/mol. The molecule has 0 N–H and O–H groups in total. The van der Waals surface area contributed by atoms with E-state index in [1.54, 1.807) is 11.3 Å². The van der Waals surface area contributed by atoms with Crippen LogP contribution in [0.4, 0.5) is 5.69 Å². The fourth-order valence-electron chi connectivity index (χ4n) is 4.45. The van der Waals surface area contributed by atoms with Crippen molar-refractivity contribution in [2.45, 2.75) is 12.5 Å². The van der Waals surface area contributed by atoms with Crippen LogP contribution in [0.15, 0.2) is 59.3 Å². The maximum Gasteiger partial charge on any atom is 0.236 e. The zero-order valence-corrected chi connectivity index (χ0v) is 18.0. The summed E-state index contributed by atoms with van der Waals surface area (Å²) in [5.41, 5.74) is 2.64. The van der Waals surface area contributed by atoms with E-state index < -0.39 is 0 Å². The van der Waals surface area contributed by atoms with Crippen molar-refractivity contribution < 1.29 is 4.79 Å². The molecule has 4 nitrogen and oxygen atoms in total. The summed E-state index contributed by atoms with van der Waals surface area (Å²) >= 11 is 3.64. The van der Waals surface area contributed by atoms with Crippen LogP contribution in [-0.2, 0) is 11.2 Å². The van der Waals surface area contributed by atoms with Crippen molar-refractivity contribution >= 4 is 34.3 Å². The lowest BCUT2D eigenvalue weighted by atomic mass is 9.98. The topological polar surface area (TPSA) is 26.8 Å². The Kier molecular flexibility index (Phi) is 5.40. The Hall–Kier alpha value is -2.15. The zero-order valence-electron chi connectivity index (χ0n) is 16.4. The van der Waals surface area contributed by atoms with Gasteiger partial charge in [0.1, 0.15) is 0 Å². The number of hydrogen-bond acceptors (Lipinski definition) is 5. The van der Waals surface area contributed by atoms with Crippen molar-refractivity contribution in [2.75, 3.05) is 44.2 Å². The first kappa shape index (κ1) is 18.9. The van der Waals surface area contributed by atoms with Gasteiger partial charge in [0.25, 0.3) is 0 Å². The molecule has 1 atom stereocenters. The predicted octanol–water partition coefficient (Wildman–Crippen LogP) is 4.11. The van der Waals surface area contributed by atoms with Crippen LogP contribution in [0.1, 0.15) is 21.4 Å². The van der Waals surface area contributed by atoms with Crippen molar-refractivity contribution in [3.05, 3.63) is 74.6 Å². The minimum absolute atomic E-state index is 0.222. The number of carbonyl (C=O) groups is 1. The van der Waals surface area contributed by atoms with Crippen LogP contribution >= 0.6 is 22.7 Å². The van der Waals surface area contributed by atoms with Crippen molar-refractivity contribution in [1.29, 1.82) is 0 Å². The second kappa shape index (κ2) is 8.30. The van der Waals surface area contributed by atoms with Gasteiger partial charge in [0.2, 0.25) is 5.91 Å². The van der Waals surface area contributed by atoms with Crippen LogP contribution in [0, 0.1) is 0 Å². The smallest absolute Gasteiger partial charge is 0.236 e.